The van der Waals surface area contributed by atoms with Gasteiger partial charge in [-0.1, -0.05) is 52.5 Å². The number of unbranched alkanes of at least 4 members (excludes halogenated alkanes) is 5. The smallest absolute Gasteiger partial charge is 0.410 e. The molecule has 1 aliphatic heterocycles. The minimum atomic E-state index is -1.07. The molecule has 2 amide bonds. The van der Waals surface area contributed by atoms with E-state index >= 15 is 0 Å². The molecular formula is C27H46N6O5. The zero-order chi connectivity index (χ0) is 26.7. The largest absolute Gasteiger partial charge is 0.443 e. The van der Waals surface area contributed by atoms with Gasteiger partial charge in [-0.05, 0) is 32.4 Å². The maximum absolute atomic E-state index is 12.8. The van der Waals surface area contributed by atoms with Crippen molar-refractivity contribution in [2.24, 2.45) is 5.73 Å². The van der Waals surface area contributed by atoms with Crippen molar-refractivity contribution in [2.75, 3.05) is 39.5 Å². The molecule has 2 aromatic heterocycles. The third kappa shape index (κ3) is 9.21. The Bertz CT molecular complexity index is 999. The van der Waals surface area contributed by atoms with E-state index in [1.54, 1.807) is 23.1 Å². The second kappa shape index (κ2) is 15.6. The highest BCUT2D eigenvalue weighted by Gasteiger charge is 2.28. The number of pyridine rings is 1. The van der Waals surface area contributed by atoms with E-state index < -0.39 is 17.7 Å². The molecule has 0 saturated carbocycles. The Morgan fingerprint density at radius 1 is 1.13 bits per heavy atom. The van der Waals surface area contributed by atoms with Crippen LogP contribution in [0, 0.1) is 0 Å². The van der Waals surface area contributed by atoms with Crippen molar-refractivity contribution in [3.05, 3.63) is 29.7 Å². The summed E-state index contributed by atoms with van der Waals surface area (Å²) in [5, 5.41) is 11.6. The van der Waals surface area contributed by atoms with Crippen LogP contribution >= 0.6 is 0 Å². The number of hydrogen-bond acceptors (Lipinski definition) is 8. The Kier molecular flexibility index (Phi) is 12.9. The topological polar surface area (TPSA) is 133 Å². The Morgan fingerprint density at radius 3 is 2.55 bits per heavy atom. The van der Waals surface area contributed by atoms with Crippen LogP contribution in [0.1, 0.15) is 84.3 Å². The predicted molar refractivity (Wildman–Crippen MR) is 146 cm³/mol. The summed E-state index contributed by atoms with van der Waals surface area (Å²) in [6, 6.07) is 4.90. The third-order valence-corrected chi connectivity index (χ3v) is 6.28. The van der Waals surface area contributed by atoms with Gasteiger partial charge in [-0.3, -0.25) is 9.20 Å². The van der Waals surface area contributed by atoms with Crippen LogP contribution in [0.15, 0.2) is 18.2 Å². The molecule has 3 heterocycles. The lowest BCUT2D eigenvalue weighted by molar-refractivity contribution is -0.126. The number of nitrogens with two attached hydrogens (primary N) is 1. The van der Waals surface area contributed by atoms with Gasteiger partial charge in [0.05, 0.1) is 31.1 Å². The van der Waals surface area contributed by atoms with E-state index in [9.17, 15) is 9.59 Å². The molecule has 0 radical (unpaired) electrons. The lowest BCUT2D eigenvalue weighted by atomic mass is 10.1. The normalized spacial score (nSPS) is 14.7. The summed E-state index contributed by atoms with van der Waals surface area (Å²) in [4.78, 5) is 26.9. The Balaban J connectivity index is 0.00000507. The zero-order valence-electron chi connectivity index (χ0n) is 22.4. The quantitative estimate of drug-likeness (QED) is 0.351. The van der Waals surface area contributed by atoms with Crippen LogP contribution in [0.2, 0.25) is 0 Å². The molecule has 1 saturated heterocycles. The van der Waals surface area contributed by atoms with E-state index in [4.69, 9.17) is 19.9 Å². The molecular weight excluding hydrogens is 488 g/mol. The number of fused-ring (bicyclic) bond motifs is 1. The number of nitrogens with zero attached hydrogens (tertiary/aromatic N) is 4. The Hall–Kier alpha value is -2.76. The number of morpholine rings is 1. The molecule has 214 valence electrons. The SMILES string of the molecule is C.CCCCCCCCOC[C@@H](NC(=O)C(C)(C)N)c1nnc2cccc(COC(=O)N3CCOCC3)n12. The summed E-state index contributed by atoms with van der Waals surface area (Å²) in [6.07, 6.45) is 6.58. The molecule has 3 rings (SSSR count). The minimum absolute atomic E-state index is 0. The van der Waals surface area contributed by atoms with E-state index in [2.05, 4.69) is 22.4 Å². The monoisotopic (exact) mass is 534 g/mol. The van der Waals surface area contributed by atoms with Gasteiger partial charge < -0.3 is 30.2 Å². The van der Waals surface area contributed by atoms with Crippen LogP contribution in [0.25, 0.3) is 5.65 Å². The highest BCUT2D eigenvalue weighted by molar-refractivity contribution is 5.85. The first kappa shape index (κ1) is 31.5. The maximum atomic E-state index is 12.8. The summed E-state index contributed by atoms with van der Waals surface area (Å²) < 4.78 is 18.7. The van der Waals surface area contributed by atoms with Crippen LogP contribution in [-0.4, -0.2) is 76.6 Å². The van der Waals surface area contributed by atoms with Crippen LogP contribution in [0.5, 0.6) is 0 Å². The average molecular weight is 535 g/mol. The number of ether oxygens (including phenoxy) is 3. The highest BCUT2D eigenvalue weighted by Crippen LogP contribution is 2.18. The number of aromatic nitrogens is 3. The van der Waals surface area contributed by atoms with Crippen LogP contribution in [0.3, 0.4) is 0 Å². The first-order chi connectivity index (χ1) is 17.8. The maximum Gasteiger partial charge on any atom is 0.410 e. The minimum Gasteiger partial charge on any atom is -0.443 e. The zero-order valence-corrected chi connectivity index (χ0v) is 22.4. The summed E-state index contributed by atoms with van der Waals surface area (Å²) in [5.74, 6) is 0.169. The second-order valence-corrected chi connectivity index (χ2v) is 10.0. The van der Waals surface area contributed by atoms with E-state index in [0.717, 1.165) is 12.8 Å². The number of carbonyl (C=O) groups is 2. The molecule has 0 unspecified atom stereocenters. The number of carbonyl (C=O) groups excluding carboxylic acids is 2. The van der Waals surface area contributed by atoms with Crippen molar-refractivity contribution in [1.29, 1.82) is 0 Å². The fourth-order valence-electron chi connectivity index (χ4n) is 4.05. The highest BCUT2D eigenvalue weighted by atomic mass is 16.6. The molecule has 3 N–H and O–H groups in total. The van der Waals surface area contributed by atoms with Crippen molar-refractivity contribution in [3.63, 3.8) is 0 Å². The van der Waals surface area contributed by atoms with Crippen molar-refractivity contribution in [1.82, 2.24) is 24.8 Å². The lowest BCUT2D eigenvalue weighted by Gasteiger charge is -2.26. The summed E-state index contributed by atoms with van der Waals surface area (Å²) >= 11 is 0. The molecule has 0 aliphatic carbocycles. The summed E-state index contributed by atoms with van der Waals surface area (Å²) in [6.45, 7) is 8.33. The molecule has 38 heavy (non-hydrogen) atoms. The standard InChI is InChI=1S/C26H42N6O5.CH4/c1-4-5-6-7-8-9-15-36-19-21(28-24(33)26(2,3)27)23-30-29-22-12-10-11-20(32(22)23)18-37-25(34)31-13-16-35-17-14-31;/h10-12,21H,4-9,13-19,27H2,1-3H3,(H,28,33);1H4/t21-;/m1./s1. The fourth-order valence-corrected chi connectivity index (χ4v) is 4.05. The van der Waals surface area contributed by atoms with Crippen molar-refractivity contribution in [2.45, 2.75) is 84.9 Å². The number of hydrogen-bond donors (Lipinski definition) is 2. The van der Waals surface area contributed by atoms with Gasteiger partial charge in [-0.2, -0.15) is 0 Å². The first-order valence-corrected chi connectivity index (χ1v) is 13.3. The second-order valence-electron chi connectivity index (χ2n) is 10.0. The van der Waals surface area contributed by atoms with Gasteiger partial charge in [-0.15, -0.1) is 10.2 Å². The summed E-state index contributed by atoms with van der Waals surface area (Å²) in [7, 11) is 0. The average Bonchev–Trinajstić information content (AvgIpc) is 3.32. The molecule has 0 spiro atoms. The lowest BCUT2D eigenvalue weighted by Crippen LogP contribution is -2.51. The molecule has 11 nitrogen and oxygen atoms in total. The van der Waals surface area contributed by atoms with Crippen LogP contribution in [-0.2, 0) is 25.6 Å². The fraction of sp³-hybridized carbons (Fsp3) is 0.704. The van der Waals surface area contributed by atoms with E-state index in [0.29, 0.717) is 50.1 Å². The van der Waals surface area contributed by atoms with Gasteiger partial charge in [0.2, 0.25) is 5.91 Å². The van der Waals surface area contributed by atoms with E-state index in [-0.39, 0.29) is 26.5 Å². The van der Waals surface area contributed by atoms with Gasteiger partial charge in [0.25, 0.3) is 0 Å². The van der Waals surface area contributed by atoms with Gasteiger partial charge in [0.1, 0.15) is 12.6 Å². The van der Waals surface area contributed by atoms with Crippen molar-refractivity contribution >= 4 is 17.6 Å². The molecule has 0 aromatic carbocycles. The van der Waals surface area contributed by atoms with Gasteiger partial charge in [0, 0.05) is 19.7 Å². The molecule has 0 bridgehead atoms. The predicted octanol–water partition coefficient (Wildman–Crippen LogP) is 3.61. The molecule has 11 heteroatoms. The Morgan fingerprint density at radius 2 is 1.84 bits per heavy atom. The number of nitrogens with one attached hydrogen (secondary N) is 1. The molecule has 1 atom stereocenters. The van der Waals surface area contributed by atoms with Crippen molar-refractivity contribution in [3.8, 4) is 0 Å². The van der Waals surface area contributed by atoms with Crippen LogP contribution < -0.4 is 11.1 Å². The van der Waals surface area contributed by atoms with Gasteiger partial charge >= 0.3 is 6.09 Å². The van der Waals surface area contributed by atoms with Crippen LogP contribution in [0.4, 0.5) is 4.79 Å². The molecule has 2 aromatic rings. The van der Waals surface area contributed by atoms with Gasteiger partial charge in [0.15, 0.2) is 11.5 Å². The van der Waals surface area contributed by atoms with E-state index in [1.807, 2.05) is 18.2 Å². The third-order valence-electron chi connectivity index (χ3n) is 6.28. The number of amides is 2. The van der Waals surface area contributed by atoms with Crippen molar-refractivity contribution < 1.29 is 23.8 Å². The van der Waals surface area contributed by atoms with E-state index in [1.165, 1.54) is 25.7 Å². The van der Waals surface area contributed by atoms with Gasteiger partial charge in [-0.25, -0.2) is 4.79 Å². The first-order valence-electron chi connectivity index (χ1n) is 13.3. The molecule has 1 aliphatic rings. The molecule has 1 fully saturated rings. The number of rotatable bonds is 14. The summed E-state index contributed by atoms with van der Waals surface area (Å²) in [5.41, 5.74) is 6.23. The Labute approximate surface area is 226 Å².